The molecular formula is C22H25N5O5. The van der Waals surface area contributed by atoms with Gasteiger partial charge in [0.15, 0.2) is 11.2 Å². The van der Waals surface area contributed by atoms with Crippen LogP contribution in [0, 0.1) is 13.8 Å². The van der Waals surface area contributed by atoms with Gasteiger partial charge in [-0.2, -0.15) is 4.98 Å². The number of fused-ring (bicyclic) bond motifs is 3. The minimum atomic E-state index is -0.642. The molecule has 0 unspecified atom stereocenters. The number of nitrogens with zero attached hydrogens (tertiary/aromatic N) is 5. The Kier molecular flexibility index (Phi) is 5.37. The molecule has 0 amide bonds. The van der Waals surface area contributed by atoms with Gasteiger partial charge in [0, 0.05) is 18.4 Å². The van der Waals surface area contributed by atoms with Gasteiger partial charge in [0.25, 0.3) is 5.56 Å². The Bertz CT molecular complexity index is 1450. The summed E-state index contributed by atoms with van der Waals surface area (Å²) in [5, 5.41) is 0. The van der Waals surface area contributed by atoms with Crippen molar-refractivity contribution >= 4 is 22.9 Å². The molecule has 3 heterocycles. The van der Waals surface area contributed by atoms with Gasteiger partial charge in [-0.1, -0.05) is 12.1 Å². The second kappa shape index (κ2) is 8.03. The fourth-order valence-corrected chi connectivity index (χ4v) is 3.89. The predicted molar refractivity (Wildman–Crippen MR) is 118 cm³/mol. The van der Waals surface area contributed by atoms with Crippen LogP contribution in [0.25, 0.3) is 16.9 Å². The quantitative estimate of drug-likeness (QED) is 0.421. The molecule has 1 aromatic carbocycles. The molecule has 0 aliphatic carbocycles. The summed E-state index contributed by atoms with van der Waals surface area (Å²) in [6.45, 7) is 5.76. The zero-order valence-corrected chi connectivity index (χ0v) is 18.7. The molecule has 10 heteroatoms. The van der Waals surface area contributed by atoms with Crippen LogP contribution >= 0.6 is 0 Å². The number of esters is 1. The van der Waals surface area contributed by atoms with Crippen molar-refractivity contribution in [3.63, 3.8) is 0 Å². The van der Waals surface area contributed by atoms with Crippen molar-refractivity contribution in [2.75, 3.05) is 13.7 Å². The first-order chi connectivity index (χ1) is 15.3. The standard InChI is InChI=1S/C22H25N5O5/c1-6-32-17(28)12-26-20(29)18-19(24(4)22(26)30)23-21-25(13(2)14(3)27(18)21)11-15-7-9-16(31-5)10-8-15/h7-10H,6,11-12H2,1-5H3. The number of ether oxygens (including phenoxy) is 2. The molecule has 0 radical (unpaired) electrons. The van der Waals surface area contributed by atoms with Crippen LogP contribution in [0.1, 0.15) is 23.9 Å². The average molecular weight is 439 g/mol. The highest BCUT2D eigenvalue weighted by Gasteiger charge is 2.23. The summed E-state index contributed by atoms with van der Waals surface area (Å²) in [6.07, 6.45) is 0. The van der Waals surface area contributed by atoms with E-state index in [0.717, 1.165) is 27.3 Å². The second-order valence-corrected chi connectivity index (χ2v) is 7.56. The van der Waals surface area contributed by atoms with E-state index >= 15 is 0 Å². The molecule has 0 spiro atoms. The highest BCUT2D eigenvalue weighted by Crippen LogP contribution is 2.22. The monoisotopic (exact) mass is 439 g/mol. The predicted octanol–water partition coefficient (Wildman–Crippen LogP) is 1.39. The number of rotatable bonds is 6. The highest BCUT2D eigenvalue weighted by molar-refractivity contribution is 5.77. The van der Waals surface area contributed by atoms with Crippen LogP contribution in [0.3, 0.4) is 0 Å². The van der Waals surface area contributed by atoms with Crippen molar-refractivity contribution in [1.82, 2.24) is 23.1 Å². The van der Waals surface area contributed by atoms with E-state index in [9.17, 15) is 14.4 Å². The molecule has 0 fully saturated rings. The number of aryl methyl sites for hydroxylation is 2. The van der Waals surface area contributed by atoms with Crippen molar-refractivity contribution in [3.8, 4) is 5.75 Å². The van der Waals surface area contributed by atoms with Crippen molar-refractivity contribution in [2.45, 2.75) is 33.9 Å². The van der Waals surface area contributed by atoms with Crippen LogP contribution in [-0.2, 0) is 29.7 Å². The number of methoxy groups -OCH3 is 1. The number of carbonyl (C=O) groups excluding carboxylic acids is 1. The van der Waals surface area contributed by atoms with E-state index in [0.29, 0.717) is 12.3 Å². The average Bonchev–Trinajstić information content (AvgIpc) is 3.28. The van der Waals surface area contributed by atoms with E-state index in [4.69, 9.17) is 9.47 Å². The Morgan fingerprint density at radius 1 is 1.06 bits per heavy atom. The number of hydrogen-bond donors (Lipinski definition) is 0. The molecule has 32 heavy (non-hydrogen) atoms. The lowest BCUT2D eigenvalue weighted by Crippen LogP contribution is -2.41. The Labute approximate surface area is 183 Å². The lowest BCUT2D eigenvalue weighted by molar-refractivity contribution is -0.143. The summed E-state index contributed by atoms with van der Waals surface area (Å²) in [5.41, 5.74) is 2.12. The Balaban J connectivity index is 1.93. The van der Waals surface area contributed by atoms with Gasteiger partial charge in [0.2, 0.25) is 5.78 Å². The maximum Gasteiger partial charge on any atom is 0.333 e. The molecule has 0 saturated heterocycles. The third kappa shape index (κ3) is 3.28. The summed E-state index contributed by atoms with van der Waals surface area (Å²) in [7, 11) is 3.15. The van der Waals surface area contributed by atoms with Crippen molar-refractivity contribution < 1.29 is 14.3 Å². The zero-order chi connectivity index (χ0) is 23.2. The first-order valence-electron chi connectivity index (χ1n) is 10.2. The van der Waals surface area contributed by atoms with Crippen LogP contribution < -0.4 is 16.0 Å². The SMILES string of the molecule is CCOC(=O)Cn1c(=O)c2c(nc3n(Cc4ccc(OC)cc4)c(C)c(C)n23)n(C)c1=O. The molecule has 0 atom stereocenters. The van der Waals surface area contributed by atoms with Gasteiger partial charge in [-0.05, 0) is 38.5 Å². The first-order valence-corrected chi connectivity index (χ1v) is 10.2. The van der Waals surface area contributed by atoms with Gasteiger partial charge in [-0.15, -0.1) is 0 Å². The van der Waals surface area contributed by atoms with Crippen LogP contribution in [0.15, 0.2) is 33.9 Å². The lowest BCUT2D eigenvalue weighted by Gasteiger charge is -2.08. The van der Waals surface area contributed by atoms with E-state index in [1.807, 2.05) is 42.7 Å². The molecule has 3 aromatic heterocycles. The Morgan fingerprint density at radius 3 is 2.38 bits per heavy atom. The maximum atomic E-state index is 13.3. The number of carbonyl (C=O) groups is 1. The molecule has 10 nitrogen and oxygen atoms in total. The van der Waals surface area contributed by atoms with Crippen molar-refractivity contribution in [2.24, 2.45) is 7.05 Å². The molecule has 168 valence electrons. The zero-order valence-electron chi connectivity index (χ0n) is 18.7. The van der Waals surface area contributed by atoms with Gasteiger partial charge in [0.1, 0.15) is 12.3 Å². The largest absolute Gasteiger partial charge is 0.497 e. The number of hydrogen-bond acceptors (Lipinski definition) is 6. The number of aromatic nitrogens is 5. The summed E-state index contributed by atoms with van der Waals surface area (Å²) in [5.74, 6) is 0.673. The summed E-state index contributed by atoms with van der Waals surface area (Å²) < 4.78 is 16.1. The highest BCUT2D eigenvalue weighted by atomic mass is 16.5. The van der Waals surface area contributed by atoms with Crippen LogP contribution in [0.5, 0.6) is 5.75 Å². The topological polar surface area (TPSA) is 102 Å². The summed E-state index contributed by atoms with van der Waals surface area (Å²) >= 11 is 0. The van der Waals surface area contributed by atoms with Gasteiger partial charge < -0.3 is 14.0 Å². The van der Waals surface area contributed by atoms with E-state index in [-0.39, 0.29) is 17.8 Å². The van der Waals surface area contributed by atoms with Crippen LogP contribution in [0.4, 0.5) is 0 Å². The van der Waals surface area contributed by atoms with Crippen molar-refractivity contribution in [1.29, 1.82) is 0 Å². The molecule has 4 aromatic rings. The van der Waals surface area contributed by atoms with Gasteiger partial charge in [0.05, 0.1) is 20.3 Å². The molecule has 0 saturated carbocycles. The Hall–Kier alpha value is -3.82. The van der Waals surface area contributed by atoms with Gasteiger partial charge in [-0.25, -0.2) is 9.36 Å². The number of imidazole rings is 2. The first kappa shape index (κ1) is 21.4. The maximum absolute atomic E-state index is 13.3. The fourth-order valence-electron chi connectivity index (χ4n) is 3.89. The number of benzene rings is 1. The smallest absolute Gasteiger partial charge is 0.333 e. The molecule has 0 bridgehead atoms. The molecule has 0 aliphatic heterocycles. The molecule has 4 rings (SSSR count). The third-order valence-electron chi connectivity index (χ3n) is 5.72. The summed E-state index contributed by atoms with van der Waals surface area (Å²) in [4.78, 5) is 42.7. The van der Waals surface area contributed by atoms with E-state index in [1.54, 1.807) is 18.4 Å². The van der Waals surface area contributed by atoms with Gasteiger partial charge in [-0.3, -0.25) is 18.6 Å². The molecular weight excluding hydrogens is 414 g/mol. The lowest BCUT2D eigenvalue weighted by atomic mass is 10.2. The van der Waals surface area contributed by atoms with E-state index in [1.165, 1.54) is 11.6 Å². The molecule has 0 aliphatic rings. The minimum absolute atomic E-state index is 0.166. The minimum Gasteiger partial charge on any atom is -0.497 e. The van der Waals surface area contributed by atoms with Crippen molar-refractivity contribution in [3.05, 3.63) is 62.1 Å². The normalized spacial score (nSPS) is 11.4. The van der Waals surface area contributed by atoms with Gasteiger partial charge >= 0.3 is 11.7 Å². The van der Waals surface area contributed by atoms with E-state index < -0.39 is 23.8 Å². The van der Waals surface area contributed by atoms with Crippen LogP contribution in [0.2, 0.25) is 0 Å². The second-order valence-electron chi connectivity index (χ2n) is 7.56. The third-order valence-corrected chi connectivity index (χ3v) is 5.72. The fraction of sp³-hybridized carbons (Fsp3) is 0.364. The Morgan fingerprint density at radius 2 is 1.75 bits per heavy atom. The molecule has 0 N–H and O–H groups in total. The van der Waals surface area contributed by atoms with E-state index in [2.05, 4.69) is 4.98 Å². The summed E-state index contributed by atoms with van der Waals surface area (Å²) in [6, 6.07) is 7.71. The van der Waals surface area contributed by atoms with Crippen LogP contribution in [-0.4, -0.2) is 42.8 Å².